The van der Waals surface area contributed by atoms with Gasteiger partial charge >= 0.3 is 0 Å². The Kier molecular flexibility index (Phi) is 8.59. The van der Waals surface area contributed by atoms with Gasteiger partial charge in [0, 0.05) is 39.9 Å². The van der Waals surface area contributed by atoms with Crippen LogP contribution < -0.4 is 10.6 Å². The van der Waals surface area contributed by atoms with Crippen LogP contribution in [0.15, 0.2) is 0 Å². The molecule has 0 aromatic carbocycles. The van der Waals surface area contributed by atoms with Gasteiger partial charge in [0.2, 0.25) is 0 Å². The van der Waals surface area contributed by atoms with Gasteiger partial charge < -0.3 is 20.1 Å². The Morgan fingerprint density at radius 1 is 1.11 bits per heavy atom. The second kappa shape index (κ2) is 9.73. The molecule has 0 radical (unpaired) electrons. The summed E-state index contributed by atoms with van der Waals surface area (Å²) in [6, 6.07) is 0.736. The fourth-order valence-corrected chi connectivity index (χ4v) is 2.49. The zero-order valence-electron chi connectivity index (χ0n) is 12.2. The maximum Gasteiger partial charge on any atom is 0.0928 e. The van der Waals surface area contributed by atoms with Gasteiger partial charge in [0.15, 0.2) is 0 Å². The molecule has 1 aliphatic carbocycles. The van der Waals surface area contributed by atoms with Gasteiger partial charge in [0.1, 0.15) is 0 Å². The van der Waals surface area contributed by atoms with Crippen LogP contribution >= 0.6 is 0 Å². The van der Waals surface area contributed by atoms with Crippen molar-refractivity contribution in [3.05, 3.63) is 0 Å². The highest BCUT2D eigenvalue weighted by Gasteiger charge is 2.17. The lowest BCUT2D eigenvalue weighted by molar-refractivity contribution is 0.0291. The van der Waals surface area contributed by atoms with Gasteiger partial charge in [-0.05, 0) is 31.6 Å². The van der Waals surface area contributed by atoms with Crippen LogP contribution in [0.4, 0.5) is 0 Å². The van der Waals surface area contributed by atoms with Gasteiger partial charge in [0.05, 0.1) is 12.7 Å². The molecule has 0 amide bonds. The van der Waals surface area contributed by atoms with Crippen molar-refractivity contribution in [3.63, 3.8) is 0 Å². The SMILES string of the molecule is COCC(CNCCNC1CCC(C)CC1)OC. The van der Waals surface area contributed by atoms with E-state index in [-0.39, 0.29) is 6.10 Å². The largest absolute Gasteiger partial charge is 0.382 e. The van der Waals surface area contributed by atoms with E-state index in [1.165, 1.54) is 25.7 Å². The van der Waals surface area contributed by atoms with E-state index >= 15 is 0 Å². The summed E-state index contributed by atoms with van der Waals surface area (Å²) >= 11 is 0. The molecule has 18 heavy (non-hydrogen) atoms. The van der Waals surface area contributed by atoms with E-state index in [9.17, 15) is 0 Å². The van der Waals surface area contributed by atoms with Crippen LogP contribution in [-0.4, -0.2) is 52.6 Å². The molecule has 0 saturated heterocycles. The van der Waals surface area contributed by atoms with Crippen LogP contribution in [0, 0.1) is 5.92 Å². The Labute approximate surface area is 112 Å². The summed E-state index contributed by atoms with van der Waals surface area (Å²) in [4.78, 5) is 0. The van der Waals surface area contributed by atoms with Gasteiger partial charge in [0.25, 0.3) is 0 Å². The zero-order chi connectivity index (χ0) is 13.2. The van der Waals surface area contributed by atoms with Crippen molar-refractivity contribution >= 4 is 0 Å². The maximum absolute atomic E-state index is 5.29. The molecule has 0 aliphatic heterocycles. The second-order valence-corrected chi connectivity index (χ2v) is 5.43. The summed E-state index contributed by atoms with van der Waals surface area (Å²) in [6.07, 6.45) is 5.59. The lowest BCUT2D eigenvalue weighted by atomic mass is 9.87. The number of nitrogens with one attached hydrogen (secondary N) is 2. The molecular weight excluding hydrogens is 228 g/mol. The number of rotatable bonds is 9. The summed E-state index contributed by atoms with van der Waals surface area (Å²) in [5.74, 6) is 0.928. The standard InChI is InChI=1S/C14H30N2O2/c1-12-4-6-13(7-5-12)16-9-8-15-10-14(18-3)11-17-2/h12-16H,4-11H2,1-3H3. The van der Waals surface area contributed by atoms with Gasteiger partial charge in [-0.3, -0.25) is 0 Å². The van der Waals surface area contributed by atoms with E-state index in [1.807, 2.05) is 0 Å². The molecule has 4 nitrogen and oxygen atoms in total. The number of ether oxygens (including phenoxy) is 2. The minimum atomic E-state index is 0.158. The molecule has 1 unspecified atom stereocenters. The summed E-state index contributed by atoms with van der Waals surface area (Å²) < 4.78 is 10.4. The molecule has 1 rings (SSSR count). The van der Waals surface area contributed by atoms with E-state index in [4.69, 9.17) is 9.47 Å². The first kappa shape index (κ1) is 15.9. The first-order valence-electron chi connectivity index (χ1n) is 7.22. The van der Waals surface area contributed by atoms with Crippen LogP contribution in [-0.2, 0) is 9.47 Å². The van der Waals surface area contributed by atoms with Crippen LogP contribution in [0.5, 0.6) is 0 Å². The normalized spacial score (nSPS) is 26.2. The molecule has 0 bridgehead atoms. The van der Waals surface area contributed by atoms with Gasteiger partial charge in [-0.15, -0.1) is 0 Å². The van der Waals surface area contributed by atoms with E-state index in [2.05, 4.69) is 17.6 Å². The molecule has 1 atom stereocenters. The van der Waals surface area contributed by atoms with Gasteiger partial charge in [-0.1, -0.05) is 6.92 Å². The van der Waals surface area contributed by atoms with Crippen LogP contribution in [0.1, 0.15) is 32.6 Å². The van der Waals surface area contributed by atoms with Crippen molar-refractivity contribution in [1.82, 2.24) is 10.6 Å². The zero-order valence-corrected chi connectivity index (χ0v) is 12.2. The minimum Gasteiger partial charge on any atom is -0.382 e. The first-order valence-corrected chi connectivity index (χ1v) is 7.22. The third-order valence-corrected chi connectivity index (χ3v) is 3.81. The smallest absolute Gasteiger partial charge is 0.0928 e. The van der Waals surface area contributed by atoms with Crippen LogP contribution in [0.2, 0.25) is 0 Å². The quantitative estimate of drug-likeness (QED) is 0.614. The fourth-order valence-electron chi connectivity index (χ4n) is 2.49. The predicted octanol–water partition coefficient (Wildman–Crippen LogP) is 1.41. The highest BCUT2D eigenvalue weighted by Crippen LogP contribution is 2.23. The molecule has 2 N–H and O–H groups in total. The third kappa shape index (κ3) is 6.69. The lowest BCUT2D eigenvalue weighted by Gasteiger charge is -2.27. The lowest BCUT2D eigenvalue weighted by Crippen LogP contribution is -2.39. The Balaban J connectivity index is 1.94. The van der Waals surface area contributed by atoms with E-state index in [0.717, 1.165) is 31.6 Å². The third-order valence-electron chi connectivity index (χ3n) is 3.81. The second-order valence-electron chi connectivity index (χ2n) is 5.43. The maximum atomic E-state index is 5.29. The molecule has 1 fully saturated rings. The number of hydrogen-bond donors (Lipinski definition) is 2. The summed E-state index contributed by atoms with van der Waals surface area (Å²) in [7, 11) is 3.43. The topological polar surface area (TPSA) is 42.5 Å². The minimum absolute atomic E-state index is 0.158. The van der Waals surface area contributed by atoms with Gasteiger partial charge in [-0.2, -0.15) is 0 Å². The number of methoxy groups -OCH3 is 2. The van der Waals surface area contributed by atoms with Crippen molar-refractivity contribution < 1.29 is 9.47 Å². The van der Waals surface area contributed by atoms with E-state index < -0.39 is 0 Å². The highest BCUT2D eigenvalue weighted by molar-refractivity contribution is 4.75. The van der Waals surface area contributed by atoms with E-state index in [0.29, 0.717) is 6.61 Å². The predicted molar refractivity (Wildman–Crippen MR) is 75.0 cm³/mol. The Hall–Kier alpha value is -0.160. The van der Waals surface area contributed by atoms with E-state index in [1.54, 1.807) is 14.2 Å². The van der Waals surface area contributed by atoms with Crippen LogP contribution in [0.25, 0.3) is 0 Å². The average molecular weight is 258 g/mol. The summed E-state index contributed by atoms with van der Waals surface area (Å²) in [5.41, 5.74) is 0. The fraction of sp³-hybridized carbons (Fsp3) is 1.00. The van der Waals surface area contributed by atoms with Gasteiger partial charge in [-0.25, -0.2) is 0 Å². The van der Waals surface area contributed by atoms with Crippen molar-refractivity contribution in [2.75, 3.05) is 40.5 Å². The van der Waals surface area contributed by atoms with Crippen molar-refractivity contribution in [1.29, 1.82) is 0 Å². The monoisotopic (exact) mass is 258 g/mol. The molecule has 0 spiro atoms. The molecule has 0 aromatic heterocycles. The molecule has 0 aromatic rings. The first-order chi connectivity index (χ1) is 8.76. The van der Waals surface area contributed by atoms with Crippen molar-refractivity contribution in [2.24, 2.45) is 5.92 Å². The highest BCUT2D eigenvalue weighted by atomic mass is 16.5. The summed E-state index contributed by atoms with van der Waals surface area (Å²) in [6.45, 7) is 5.90. The number of hydrogen-bond acceptors (Lipinski definition) is 4. The molecule has 4 heteroatoms. The Morgan fingerprint density at radius 2 is 1.83 bits per heavy atom. The molecule has 1 saturated carbocycles. The van der Waals surface area contributed by atoms with Crippen molar-refractivity contribution in [2.45, 2.75) is 44.8 Å². The molecule has 0 heterocycles. The Bertz CT molecular complexity index is 194. The average Bonchev–Trinajstić information content (AvgIpc) is 2.39. The Morgan fingerprint density at radius 3 is 2.44 bits per heavy atom. The van der Waals surface area contributed by atoms with Crippen molar-refractivity contribution in [3.8, 4) is 0 Å². The molecular formula is C14H30N2O2. The summed E-state index contributed by atoms with van der Waals surface area (Å²) in [5, 5.41) is 7.03. The molecule has 108 valence electrons. The van der Waals surface area contributed by atoms with Crippen LogP contribution in [0.3, 0.4) is 0 Å². The molecule has 1 aliphatic rings.